The smallest absolute Gasteiger partial charge is 0.270 e. The lowest BCUT2D eigenvalue weighted by molar-refractivity contribution is 0.0942. The van der Waals surface area contributed by atoms with Crippen molar-refractivity contribution < 1.29 is 9.53 Å². The van der Waals surface area contributed by atoms with Gasteiger partial charge in [-0.1, -0.05) is 23.2 Å². The van der Waals surface area contributed by atoms with Gasteiger partial charge in [0.25, 0.3) is 5.91 Å². The molecule has 0 saturated heterocycles. The molecule has 2 heterocycles. The van der Waals surface area contributed by atoms with E-state index >= 15 is 0 Å². The van der Waals surface area contributed by atoms with E-state index in [0.29, 0.717) is 40.2 Å². The molecule has 0 fully saturated rings. The van der Waals surface area contributed by atoms with Crippen molar-refractivity contribution in [3.05, 3.63) is 33.7 Å². The molecule has 0 bridgehead atoms. The molecule has 20 heavy (non-hydrogen) atoms. The minimum absolute atomic E-state index is 0.204. The predicted octanol–water partition coefficient (Wildman–Crippen LogP) is 2.72. The highest BCUT2D eigenvalue weighted by Crippen LogP contribution is 2.24. The van der Waals surface area contributed by atoms with Crippen LogP contribution < -0.4 is 5.32 Å². The van der Waals surface area contributed by atoms with Crippen LogP contribution in [-0.2, 0) is 4.74 Å². The fourth-order valence-electron chi connectivity index (χ4n) is 1.96. The van der Waals surface area contributed by atoms with Gasteiger partial charge in [-0.2, -0.15) is 0 Å². The third-order valence-corrected chi connectivity index (χ3v) is 3.33. The van der Waals surface area contributed by atoms with Crippen LogP contribution in [0, 0.1) is 6.92 Å². The van der Waals surface area contributed by atoms with Gasteiger partial charge in [-0.25, -0.2) is 4.98 Å². The van der Waals surface area contributed by atoms with Crippen molar-refractivity contribution in [1.82, 2.24) is 14.7 Å². The molecule has 1 amide bonds. The van der Waals surface area contributed by atoms with E-state index in [2.05, 4.69) is 10.3 Å². The second kappa shape index (κ2) is 6.43. The Balaban J connectivity index is 2.29. The maximum Gasteiger partial charge on any atom is 0.270 e. The van der Waals surface area contributed by atoms with Gasteiger partial charge in [-0.05, 0) is 19.4 Å². The van der Waals surface area contributed by atoms with Crippen LogP contribution in [0.15, 0.2) is 12.3 Å². The van der Waals surface area contributed by atoms with Crippen LogP contribution in [0.5, 0.6) is 0 Å². The molecule has 108 valence electrons. The molecule has 0 aliphatic heterocycles. The molecular weight excluding hydrogens is 301 g/mol. The van der Waals surface area contributed by atoms with Crippen molar-refractivity contribution in [2.24, 2.45) is 0 Å². The second-order valence-corrected chi connectivity index (χ2v) is 5.19. The number of carbonyl (C=O) groups excluding carboxylic acids is 1. The van der Waals surface area contributed by atoms with E-state index in [4.69, 9.17) is 27.9 Å². The zero-order valence-corrected chi connectivity index (χ0v) is 12.8. The summed E-state index contributed by atoms with van der Waals surface area (Å²) in [5, 5.41) is 3.69. The molecule has 2 rings (SSSR count). The number of nitrogens with zero attached hydrogens (tertiary/aromatic N) is 2. The van der Waals surface area contributed by atoms with Gasteiger partial charge in [-0.15, -0.1) is 0 Å². The molecule has 0 unspecified atom stereocenters. The number of ether oxygens (including phenoxy) is 1. The zero-order chi connectivity index (χ0) is 14.7. The summed E-state index contributed by atoms with van der Waals surface area (Å²) in [6, 6.07) is 1.60. The van der Waals surface area contributed by atoms with Crippen molar-refractivity contribution in [3.63, 3.8) is 0 Å². The summed E-state index contributed by atoms with van der Waals surface area (Å²) in [6.45, 7) is 2.90. The van der Waals surface area contributed by atoms with Crippen molar-refractivity contribution >= 4 is 34.8 Å². The Morgan fingerprint density at radius 3 is 2.95 bits per heavy atom. The number of aromatic nitrogens is 2. The molecule has 0 spiro atoms. The monoisotopic (exact) mass is 315 g/mol. The van der Waals surface area contributed by atoms with E-state index in [1.807, 2.05) is 0 Å². The number of imidazole rings is 1. The number of carbonyl (C=O) groups is 1. The van der Waals surface area contributed by atoms with Gasteiger partial charge >= 0.3 is 0 Å². The predicted molar refractivity (Wildman–Crippen MR) is 78.8 cm³/mol. The number of halogens is 2. The summed E-state index contributed by atoms with van der Waals surface area (Å²) >= 11 is 12.1. The van der Waals surface area contributed by atoms with E-state index in [0.717, 1.165) is 6.42 Å². The highest BCUT2D eigenvalue weighted by Gasteiger charge is 2.18. The molecule has 0 aliphatic carbocycles. The minimum atomic E-state index is -0.204. The summed E-state index contributed by atoms with van der Waals surface area (Å²) in [6.07, 6.45) is 2.38. The lowest BCUT2D eigenvalue weighted by Gasteiger charge is -2.06. The molecule has 5 nitrogen and oxygen atoms in total. The van der Waals surface area contributed by atoms with Gasteiger partial charge in [0.1, 0.15) is 5.69 Å². The highest BCUT2D eigenvalue weighted by molar-refractivity contribution is 6.36. The third-order valence-electron chi connectivity index (χ3n) is 2.84. The van der Waals surface area contributed by atoms with E-state index < -0.39 is 0 Å². The number of hydrogen-bond acceptors (Lipinski definition) is 3. The van der Waals surface area contributed by atoms with Gasteiger partial charge in [0.2, 0.25) is 0 Å². The molecule has 0 aromatic carbocycles. The van der Waals surface area contributed by atoms with E-state index in [1.165, 1.54) is 0 Å². The van der Waals surface area contributed by atoms with Crippen molar-refractivity contribution in [1.29, 1.82) is 0 Å². The number of pyridine rings is 1. The van der Waals surface area contributed by atoms with E-state index in [9.17, 15) is 4.79 Å². The van der Waals surface area contributed by atoms with Crippen LogP contribution in [-0.4, -0.2) is 35.6 Å². The van der Waals surface area contributed by atoms with Gasteiger partial charge in [0.15, 0.2) is 5.65 Å². The molecule has 0 aliphatic rings. The first-order chi connectivity index (χ1) is 9.54. The van der Waals surface area contributed by atoms with Crippen LogP contribution in [0.2, 0.25) is 10.0 Å². The fraction of sp³-hybridized carbons (Fsp3) is 0.385. The Hall–Kier alpha value is -1.30. The Morgan fingerprint density at radius 1 is 1.50 bits per heavy atom. The van der Waals surface area contributed by atoms with Crippen molar-refractivity contribution in [3.8, 4) is 0 Å². The van der Waals surface area contributed by atoms with Gasteiger partial charge < -0.3 is 10.1 Å². The van der Waals surface area contributed by atoms with Crippen molar-refractivity contribution in [2.75, 3.05) is 20.3 Å². The molecule has 0 atom stereocenters. The summed E-state index contributed by atoms with van der Waals surface area (Å²) < 4.78 is 6.55. The normalized spacial score (nSPS) is 11.0. The molecule has 2 aromatic heterocycles. The summed E-state index contributed by atoms with van der Waals surface area (Å²) in [5.41, 5.74) is 1.58. The first kappa shape index (κ1) is 15.1. The maximum atomic E-state index is 12.2. The molecule has 0 saturated carbocycles. The lowest BCUT2D eigenvalue weighted by Crippen LogP contribution is -2.27. The molecule has 1 N–H and O–H groups in total. The number of fused-ring (bicyclic) bond motifs is 1. The number of rotatable bonds is 5. The average molecular weight is 316 g/mol. The Bertz CT molecular complexity index is 640. The number of nitrogens with one attached hydrogen (secondary N) is 1. The molecule has 0 radical (unpaired) electrons. The number of aryl methyl sites for hydroxylation is 1. The number of amides is 1. The van der Waals surface area contributed by atoms with Gasteiger partial charge in [0, 0.05) is 26.5 Å². The second-order valence-electron chi connectivity index (χ2n) is 4.35. The quantitative estimate of drug-likeness (QED) is 0.863. The van der Waals surface area contributed by atoms with Crippen LogP contribution in [0.3, 0.4) is 0 Å². The Labute approximate surface area is 126 Å². The lowest BCUT2D eigenvalue weighted by atomic mass is 10.3. The molecule has 2 aromatic rings. The largest absolute Gasteiger partial charge is 0.385 e. The fourth-order valence-corrected chi connectivity index (χ4v) is 2.48. The SMILES string of the molecule is COCCCNC(=O)c1c(C)nc2c(Cl)cc(Cl)cn12. The van der Waals surface area contributed by atoms with Crippen LogP contribution in [0.1, 0.15) is 22.6 Å². The first-order valence-corrected chi connectivity index (χ1v) is 6.91. The number of hydrogen-bond donors (Lipinski definition) is 1. The molecular formula is C13H15Cl2N3O2. The van der Waals surface area contributed by atoms with Crippen LogP contribution in [0.25, 0.3) is 5.65 Å². The van der Waals surface area contributed by atoms with Crippen molar-refractivity contribution in [2.45, 2.75) is 13.3 Å². The zero-order valence-electron chi connectivity index (χ0n) is 11.2. The summed E-state index contributed by atoms with van der Waals surface area (Å²) in [7, 11) is 1.63. The Morgan fingerprint density at radius 2 is 2.25 bits per heavy atom. The third kappa shape index (κ3) is 3.06. The van der Waals surface area contributed by atoms with Gasteiger partial charge in [0.05, 0.1) is 15.7 Å². The topological polar surface area (TPSA) is 55.6 Å². The number of methoxy groups -OCH3 is 1. The summed E-state index contributed by atoms with van der Waals surface area (Å²) in [5.74, 6) is -0.204. The van der Waals surface area contributed by atoms with Gasteiger partial charge in [-0.3, -0.25) is 9.20 Å². The molecule has 7 heteroatoms. The average Bonchev–Trinajstić information content (AvgIpc) is 2.71. The van der Waals surface area contributed by atoms with E-state index in [-0.39, 0.29) is 5.91 Å². The maximum absolute atomic E-state index is 12.2. The Kier molecular flexibility index (Phi) is 4.86. The van der Waals surface area contributed by atoms with Crippen LogP contribution in [0.4, 0.5) is 0 Å². The van der Waals surface area contributed by atoms with E-state index in [1.54, 1.807) is 30.7 Å². The minimum Gasteiger partial charge on any atom is -0.385 e. The standard InChI is InChI=1S/C13H15Cl2N3O2/c1-8-11(13(19)16-4-3-5-20-2)18-7-9(14)6-10(15)12(18)17-8/h6-7H,3-5H2,1-2H3,(H,16,19). The first-order valence-electron chi connectivity index (χ1n) is 6.15. The summed E-state index contributed by atoms with van der Waals surface area (Å²) in [4.78, 5) is 16.5. The van der Waals surface area contributed by atoms with Crippen LogP contribution >= 0.6 is 23.2 Å². The highest BCUT2D eigenvalue weighted by atomic mass is 35.5.